The second-order valence-corrected chi connectivity index (χ2v) is 10.1. The summed E-state index contributed by atoms with van der Waals surface area (Å²) in [4.78, 5) is 26.0. The van der Waals surface area contributed by atoms with Gasteiger partial charge in [0.2, 0.25) is 5.91 Å². The van der Waals surface area contributed by atoms with Crippen molar-refractivity contribution in [1.29, 1.82) is 0 Å². The fourth-order valence-electron chi connectivity index (χ4n) is 4.25. The number of alkyl carbamates (subject to hydrolysis) is 1. The van der Waals surface area contributed by atoms with E-state index in [0.29, 0.717) is 42.3 Å². The monoisotopic (exact) mass is 536 g/mol. The van der Waals surface area contributed by atoms with Crippen LogP contribution in [0.1, 0.15) is 51.5 Å². The van der Waals surface area contributed by atoms with Gasteiger partial charge in [0, 0.05) is 26.3 Å². The number of hydrogen-bond acceptors (Lipinski definition) is 7. The van der Waals surface area contributed by atoms with Crippen LogP contribution >= 0.6 is 11.6 Å². The molecule has 1 aromatic rings. The SMILES string of the molecule is CCCCC(=O)N(C)c1cc(C/C(C)=C/C=C/[C@@H](O)[C@@]2(O)C[C@@H](CC3CO3)OC(=O)N2)cc(OC)c1Cl. The van der Waals surface area contributed by atoms with Gasteiger partial charge in [0.25, 0.3) is 0 Å². The maximum Gasteiger partial charge on any atom is 0.409 e. The van der Waals surface area contributed by atoms with Crippen molar-refractivity contribution < 1.29 is 34.0 Å². The lowest BCUT2D eigenvalue weighted by atomic mass is 9.94. The summed E-state index contributed by atoms with van der Waals surface area (Å²) in [6.07, 6.45) is 5.48. The van der Waals surface area contributed by atoms with Crippen molar-refractivity contribution in [3.05, 3.63) is 46.5 Å². The summed E-state index contributed by atoms with van der Waals surface area (Å²) in [6.45, 7) is 4.57. The van der Waals surface area contributed by atoms with E-state index in [2.05, 4.69) is 5.32 Å². The Balaban J connectivity index is 1.68. The zero-order valence-corrected chi connectivity index (χ0v) is 22.6. The molecule has 2 aliphatic heterocycles. The fraction of sp³-hybridized carbons (Fsp3) is 0.556. The van der Waals surface area contributed by atoms with Gasteiger partial charge in [-0.05, 0) is 37.5 Å². The molecule has 204 valence electrons. The number of unbranched alkanes of at least 4 members (excludes halogenated alkanes) is 1. The molecule has 3 N–H and O–H groups in total. The lowest BCUT2D eigenvalue weighted by molar-refractivity contribution is -0.125. The van der Waals surface area contributed by atoms with Gasteiger partial charge in [-0.25, -0.2) is 4.79 Å². The van der Waals surface area contributed by atoms with Crippen molar-refractivity contribution >= 4 is 29.3 Å². The highest BCUT2D eigenvalue weighted by Crippen LogP contribution is 2.36. The van der Waals surface area contributed by atoms with E-state index in [-0.39, 0.29) is 18.4 Å². The number of carbonyl (C=O) groups excluding carboxylic acids is 2. The summed E-state index contributed by atoms with van der Waals surface area (Å²) in [5, 5.41) is 24.1. The van der Waals surface area contributed by atoms with Crippen LogP contribution in [0.2, 0.25) is 5.02 Å². The quantitative estimate of drug-likeness (QED) is 0.274. The Hall–Kier alpha value is -2.59. The Bertz CT molecular complexity index is 1040. The van der Waals surface area contributed by atoms with Gasteiger partial charge in [-0.15, -0.1) is 0 Å². The number of benzene rings is 1. The number of ether oxygens (including phenoxy) is 3. The number of anilines is 1. The minimum atomic E-state index is -1.83. The predicted molar refractivity (Wildman–Crippen MR) is 141 cm³/mol. The van der Waals surface area contributed by atoms with Crippen molar-refractivity contribution in [3.8, 4) is 5.75 Å². The summed E-state index contributed by atoms with van der Waals surface area (Å²) >= 11 is 6.51. The molecule has 3 rings (SSSR count). The number of halogens is 1. The van der Waals surface area contributed by atoms with Crippen LogP contribution in [0.25, 0.3) is 0 Å². The van der Waals surface area contributed by atoms with Gasteiger partial charge in [-0.3, -0.25) is 10.1 Å². The molecule has 2 amide bonds. The molecule has 10 heteroatoms. The molecule has 2 heterocycles. The fourth-order valence-corrected chi connectivity index (χ4v) is 4.56. The highest BCUT2D eigenvalue weighted by atomic mass is 35.5. The largest absolute Gasteiger partial charge is 0.495 e. The normalized spacial score (nSPS) is 24.4. The van der Waals surface area contributed by atoms with Crippen LogP contribution in [0, 0.1) is 0 Å². The molecule has 37 heavy (non-hydrogen) atoms. The van der Waals surface area contributed by atoms with Gasteiger partial charge in [-0.2, -0.15) is 0 Å². The summed E-state index contributed by atoms with van der Waals surface area (Å²) in [5.74, 6) is 0.462. The number of methoxy groups -OCH3 is 1. The first kappa shape index (κ1) is 29.0. The maximum atomic E-state index is 12.6. The molecular weight excluding hydrogens is 500 g/mol. The van der Waals surface area contributed by atoms with Gasteiger partial charge in [0.1, 0.15) is 23.0 Å². The number of carbonyl (C=O) groups is 2. The molecular formula is C27H37ClN2O7. The van der Waals surface area contributed by atoms with Crippen molar-refractivity contribution in [1.82, 2.24) is 5.32 Å². The smallest absolute Gasteiger partial charge is 0.409 e. The Kier molecular flexibility index (Phi) is 10.0. The number of allylic oxidation sites excluding steroid dienone is 3. The van der Waals surface area contributed by atoms with E-state index < -0.39 is 24.0 Å². The average Bonchev–Trinajstić information content (AvgIpc) is 3.66. The molecule has 2 aliphatic rings. The third kappa shape index (κ3) is 7.95. The Morgan fingerprint density at radius 3 is 2.78 bits per heavy atom. The first-order valence-electron chi connectivity index (χ1n) is 12.5. The van der Waals surface area contributed by atoms with E-state index in [4.69, 9.17) is 25.8 Å². The summed E-state index contributed by atoms with van der Waals surface area (Å²) in [7, 11) is 3.24. The molecule has 4 atom stereocenters. The number of amides is 2. The van der Waals surface area contributed by atoms with E-state index in [1.165, 1.54) is 13.2 Å². The molecule has 0 spiro atoms. The van der Waals surface area contributed by atoms with Crippen LogP contribution < -0.4 is 15.0 Å². The van der Waals surface area contributed by atoms with Crippen LogP contribution in [-0.2, 0) is 20.7 Å². The minimum Gasteiger partial charge on any atom is -0.495 e. The molecule has 2 saturated heterocycles. The number of rotatable bonds is 12. The van der Waals surface area contributed by atoms with E-state index >= 15 is 0 Å². The lowest BCUT2D eigenvalue weighted by Gasteiger charge is -2.39. The molecule has 0 bridgehead atoms. The van der Waals surface area contributed by atoms with Crippen LogP contribution in [0.15, 0.2) is 35.9 Å². The molecule has 0 aromatic heterocycles. The van der Waals surface area contributed by atoms with Crippen LogP contribution in [0.3, 0.4) is 0 Å². The Labute approximate surface area is 223 Å². The predicted octanol–water partition coefficient (Wildman–Crippen LogP) is 3.88. The third-order valence-electron chi connectivity index (χ3n) is 6.49. The number of aliphatic hydroxyl groups is 2. The van der Waals surface area contributed by atoms with Gasteiger partial charge < -0.3 is 29.3 Å². The molecule has 9 nitrogen and oxygen atoms in total. The molecule has 2 fully saturated rings. The highest BCUT2D eigenvalue weighted by molar-refractivity contribution is 6.35. The van der Waals surface area contributed by atoms with Gasteiger partial charge in [0.15, 0.2) is 5.72 Å². The van der Waals surface area contributed by atoms with Crippen molar-refractivity contribution in [3.63, 3.8) is 0 Å². The first-order valence-corrected chi connectivity index (χ1v) is 12.9. The van der Waals surface area contributed by atoms with Gasteiger partial charge in [0.05, 0.1) is 25.5 Å². The summed E-state index contributed by atoms with van der Waals surface area (Å²) in [5.41, 5.74) is 0.597. The highest BCUT2D eigenvalue weighted by Gasteiger charge is 2.45. The zero-order chi connectivity index (χ0) is 27.2. The molecule has 1 aromatic carbocycles. The standard InChI is InChI=1S/C27H37ClN2O7/c1-5-6-10-24(32)30(3)21-12-18(13-22(35-4)25(21)28)11-17(2)8-7-9-23(31)27(34)15-19(14-20-16-36-20)37-26(33)29-27/h7-9,12-13,19-20,23,31,34H,5-6,10-11,14-16H2,1-4H3,(H,29,33)/b9-7+,17-8+/t19-,20?,23-,27+/m1/s1. The molecule has 0 radical (unpaired) electrons. The number of epoxide rings is 1. The van der Waals surface area contributed by atoms with Crippen LogP contribution in [0.5, 0.6) is 5.75 Å². The van der Waals surface area contributed by atoms with E-state index in [1.54, 1.807) is 24.1 Å². The van der Waals surface area contributed by atoms with E-state index in [1.807, 2.05) is 26.0 Å². The van der Waals surface area contributed by atoms with Crippen LogP contribution in [-0.4, -0.2) is 67.0 Å². The second kappa shape index (κ2) is 12.8. The number of hydrogen-bond donors (Lipinski definition) is 3. The van der Waals surface area contributed by atoms with E-state index in [9.17, 15) is 19.8 Å². The zero-order valence-electron chi connectivity index (χ0n) is 21.8. The molecule has 0 aliphatic carbocycles. The topological polar surface area (TPSA) is 121 Å². The second-order valence-electron chi connectivity index (χ2n) is 9.68. The minimum absolute atomic E-state index is 0.0165. The van der Waals surface area contributed by atoms with Gasteiger partial charge in [-0.1, -0.05) is 48.7 Å². The number of nitrogens with zero attached hydrogens (tertiary/aromatic N) is 1. The van der Waals surface area contributed by atoms with Gasteiger partial charge >= 0.3 is 6.09 Å². The third-order valence-corrected chi connectivity index (χ3v) is 6.86. The lowest BCUT2D eigenvalue weighted by Crippen LogP contribution is -2.62. The summed E-state index contributed by atoms with van der Waals surface area (Å²) < 4.78 is 15.8. The Morgan fingerprint density at radius 1 is 1.41 bits per heavy atom. The van der Waals surface area contributed by atoms with Crippen LogP contribution in [0.4, 0.5) is 10.5 Å². The summed E-state index contributed by atoms with van der Waals surface area (Å²) in [6, 6.07) is 3.70. The average molecular weight is 537 g/mol. The number of cyclic esters (lactones) is 1. The van der Waals surface area contributed by atoms with E-state index in [0.717, 1.165) is 24.0 Å². The molecule has 1 unspecified atom stereocenters. The first-order chi connectivity index (χ1) is 17.6. The van der Waals surface area contributed by atoms with Crippen molar-refractivity contribution in [2.45, 2.75) is 76.4 Å². The van der Waals surface area contributed by atoms with Crippen molar-refractivity contribution in [2.75, 3.05) is 25.7 Å². The molecule has 0 saturated carbocycles. The van der Waals surface area contributed by atoms with Crippen molar-refractivity contribution in [2.24, 2.45) is 0 Å². The number of aliphatic hydroxyl groups excluding tert-OH is 1. The maximum absolute atomic E-state index is 12.6. The number of nitrogens with one attached hydrogen (secondary N) is 1. The Morgan fingerprint density at radius 2 is 2.14 bits per heavy atom.